The van der Waals surface area contributed by atoms with E-state index in [1.54, 1.807) is 0 Å². The topological polar surface area (TPSA) is 69.6 Å². The Morgan fingerprint density at radius 3 is 2.65 bits per heavy atom. The summed E-state index contributed by atoms with van der Waals surface area (Å²) in [6, 6.07) is 9.72. The quantitative estimate of drug-likeness (QED) is 0.712. The Kier molecular flexibility index (Phi) is 2.58. The van der Waals surface area contributed by atoms with E-state index in [4.69, 9.17) is 4.42 Å². The van der Waals surface area contributed by atoms with Crippen molar-refractivity contribution in [1.82, 2.24) is 25.0 Å². The van der Waals surface area contributed by atoms with Crippen molar-refractivity contribution in [2.75, 3.05) is 0 Å². The van der Waals surface area contributed by atoms with Crippen molar-refractivity contribution in [2.24, 2.45) is 0 Å². The van der Waals surface area contributed by atoms with Gasteiger partial charge in [-0.2, -0.15) is 0 Å². The molecule has 2 aromatic heterocycles. The summed E-state index contributed by atoms with van der Waals surface area (Å²) in [6.45, 7) is 0.917. The minimum absolute atomic E-state index is 0.435. The Morgan fingerprint density at radius 1 is 0.900 bits per heavy atom. The lowest BCUT2D eigenvalue weighted by Gasteiger charge is -2.12. The predicted octanol–water partition coefficient (Wildman–Crippen LogP) is 2.33. The second-order valence-electron chi connectivity index (χ2n) is 4.83. The lowest BCUT2D eigenvalue weighted by molar-refractivity contribution is 0.513. The summed E-state index contributed by atoms with van der Waals surface area (Å²) in [5.74, 6) is 2.62. The second-order valence-corrected chi connectivity index (χ2v) is 4.83. The number of nitrogens with zero attached hydrogens (tertiary/aromatic N) is 5. The van der Waals surface area contributed by atoms with Crippen molar-refractivity contribution in [3.8, 4) is 23.2 Å². The van der Waals surface area contributed by atoms with Gasteiger partial charge in [-0.3, -0.25) is 0 Å². The third-order valence-corrected chi connectivity index (χ3v) is 3.50. The van der Waals surface area contributed by atoms with Crippen LogP contribution in [0.3, 0.4) is 0 Å². The van der Waals surface area contributed by atoms with Crippen molar-refractivity contribution < 1.29 is 4.42 Å². The van der Waals surface area contributed by atoms with Crippen LogP contribution in [0.1, 0.15) is 18.7 Å². The number of fused-ring (bicyclic) bond motifs is 1. The van der Waals surface area contributed by atoms with Crippen LogP contribution in [0, 0.1) is 0 Å². The first kappa shape index (κ1) is 11.3. The number of aromatic nitrogens is 5. The van der Waals surface area contributed by atoms with Gasteiger partial charge in [-0.15, -0.1) is 20.4 Å². The predicted molar refractivity (Wildman–Crippen MR) is 71.7 cm³/mol. The van der Waals surface area contributed by atoms with E-state index in [-0.39, 0.29) is 0 Å². The largest absolute Gasteiger partial charge is 0.413 e. The third kappa shape index (κ3) is 1.80. The highest BCUT2D eigenvalue weighted by Gasteiger charge is 2.21. The molecule has 3 heterocycles. The molecule has 0 atom stereocenters. The maximum atomic E-state index is 5.73. The zero-order valence-corrected chi connectivity index (χ0v) is 10.9. The first-order chi connectivity index (χ1) is 9.92. The molecular weight excluding hydrogens is 254 g/mol. The fourth-order valence-corrected chi connectivity index (χ4v) is 2.48. The van der Waals surface area contributed by atoms with Crippen molar-refractivity contribution in [3.05, 3.63) is 36.2 Å². The highest BCUT2D eigenvalue weighted by Crippen LogP contribution is 2.25. The monoisotopic (exact) mass is 267 g/mol. The van der Waals surface area contributed by atoms with Crippen LogP contribution < -0.4 is 0 Å². The average Bonchev–Trinajstić information content (AvgIpc) is 3.14. The van der Waals surface area contributed by atoms with Crippen LogP contribution in [0.25, 0.3) is 23.2 Å². The summed E-state index contributed by atoms with van der Waals surface area (Å²) in [7, 11) is 0. The maximum Gasteiger partial charge on any atom is 0.286 e. The average molecular weight is 267 g/mol. The molecule has 1 aliphatic rings. The SMILES string of the molecule is c1ccc(-c2nnc(-c3nnc4n3CCCC4)o2)cc1. The lowest BCUT2D eigenvalue weighted by atomic mass is 10.2. The van der Waals surface area contributed by atoms with Gasteiger partial charge in [-0.25, -0.2) is 0 Å². The normalized spacial score (nSPS) is 14.2. The van der Waals surface area contributed by atoms with Gasteiger partial charge in [-0.1, -0.05) is 18.2 Å². The molecule has 0 N–H and O–H groups in total. The maximum absolute atomic E-state index is 5.73. The van der Waals surface area contributed by atoms with Crippen LogP contribution in [0.5, 0.6) is 0 Å². The van der Waals surface area contributed by atoms with E-state index in [2.05, 4.69) is 25.0 Å². The number of rotatable bonds is 2. The zero-order valence-electron chi connectivity index (χ0n) is 10.9. The zero-order chi connectivity index (χ0) is 13.4. The summed E-state index contributed by atoms with van der Waals surface area (Å²) in [5, 5.41) is 16.6. The molecule has 100 valence electrons. The van der Waals surface area contributed by atoms with Gasteiger partial charge in [0.2, 0.25) is 11.7 Å². The standard InChI is InChI=1S/C14H13N5O/c1-2-6-10(7-3-1)13-17-18-14(20-13)12-16-15-11-8-4-5-9-19(11)12/h1-3,6-7H,4-5,8-9H2. The van der Waals surface area contributed by atoms with Crippen molar-refractivity contribution in [1.29, 1.82) is 0 Å². The molecule has 3 aromatic rings. The summed E-state index contributed by atoms with van der Waals surface area (Å²) >= 11 is 0. The molecule has 4 rings (SSSR count). The Balaban J connectivity index is 1.74. The fraction of sp³-hybridized carbons (Fsp3) is 0.286. The minimum Gasteiger partial charge on any atom is -0.413 e. The second kappa shape index (κ2) is 4.56. The van der Waals surface area contributed by atoms with Crippen LogP contribution in [0.2, 0.25) is 0 Å². The molecule has 6 nitrogen and oxygen atoms in total. The van der Waals surface area contributed by atoms with Crippen molar-refractivity contribution >= 4 is 0 Å². The van der Waals surface area contributed by atoms with E-state index in [0.29, 0.717) is 17.6 Å². The van der Waals surface area contributed by atoms with E-state index in [1.165, 1.54) is 0 Å². The Labute approximate surface area is 115 Å². The summed E-state index contributed by atoms with van der Waals surface area (Å²) in [5.41, 5.74) is 0.907. The lowest BCUT2D eigenvalue weighted by Crippen LogP contribution is -2.11. The van der Waals surface area contributed by atoms with Gasteiger partial charge in [0.05, 0.1) is 0 Å². The molecule has 0 fully saturated rings. The molecule has 0 aliphatic carbocycles. The highest BCUT2D eigenvalue weighted by molar-refractivity contribution is 5.54. The Bertz CT molecular complexity index is 731. The molecule has 0 spiro atoms. The molecule has 0 bridgehead atoms. The van der Waals surface area contributed by atoms with Gasteiger partial charge in [0.15, 0.2) is 0 Å². The van der Waals surface area contributed by atoms with Gasteiger partial charge in [-0.05, 0) is 25.0 Å². The molecule has 0 saturated carbocycles. The van der Waals surface area contributed by atoms with Crippen molar-refractivity contribution in [2.45, 2.75) is 25.8 Å². The van der Waals surface area contributed by atoms with Crippen LogP contribution in [0.4, 0.5) is 0 Å². The molecule has 0 saturated heterocycles. The van der Waals surface area contributed by atoms with E-state index < -0.39 is 0 Å². The molecule has 1 aliphatic heterocycles. The van der Waals surface area contributed by atoms with Gasteiger partial charge in [0, 0.05) is 18.5 Å². The number of aryl methyl sites for hydroxylation is 1. The van der Waals surface area contributed by atoms with Crippen LogP contribution in [-0.4, -0.2) is 25.0 Å². The molecule has 6 heteroatoms. The van der Waals surface area contributed by atoms with Gasteiger partial charge < -0.3 is 8.98 Å². The third-order valence-electron chi connectivity index (χ3n) is 3.50. The first-order valence-corrected chi connectivity index (χ1v) is 6.73. The minimum atomic E-state index is 0.435. The number of benzene rings is 1. The fourth-order valence-electron chi connectivity index (χ4n) is 2.48. The summed E-state index contributed by atoms with van der Waals surface area (Å²) in [4.78, 5) is 0. The molecule has 20 heavy (non-hydrogen) atoms. The van der Waals surface area contributed by atoms with E-state index in [9.17, 15) is 0 Å². The van der Waals surface area contributed by atoms with E-state index in [1.807, 2.05) is 30.3 Å². The summed E-state index contributed by atoms with van der Waals surface area (Å²) < 4.78 is 7.81. The van der Waals surface area contributed by atoms with Gasteiger partial charge in [0.25, 0.3) is 5.89 Å². The number of hydrogen-bond donors (Lipinski definition) is 0. The first-order valence-electron chi connectivity index (χ1n) is 6.73. The van der Waals surface area contributed by atoms with Gasteiger partial charge in [0.1, 0.15) is 5.82 Å². The smallest absolute Gasteiger partial charge is 0.286 e. The molecule has 0 amide bonds. The molecule has 1 aromatic carbocycles. The van der Waals surface area contributed by atoms with Crippen LogP contribution >= 0.6 is 0 Å². The Hall–Kier alpha value is -2.50. The van der Waals surface area contributed by atoms with E-state index >= 15 is 0 Å². The molecule has 0 unspecified atom stereocenters. The van der Waals surface area contributed by atoms with Crippen LogP contribution in [-0.2, 0) is 13.0 Å². The van der Waals surface area contributed by atoms with Crippen molar-refractivity contribution in [3.63, 3.8) is 0 Å². The van der Waals surface area contributed by atoms with Gasteiger partial charge >= 0.3 is 0 Å². The van der Waals surface area contributed by atoms with Crippen LogP contribution in [0.15, 0.2) is 34.7 Å². The highest BCUT2D eigenvalue weighted by atomic mass is 16.4. The van der Waals surface area contributed by atoms with E-state index in [0.717, 1.165) is 37.2 Å². The number of hydrogen-bond acceptors (Lipinski definition) is 5. The Morgan fingerprint density at radius 2 is 1.75 bits per heavy atom. The molecular formula is C14H13N5O. The summed E-state index contributed by atoms with van der Waals surface area (Å²) in [6.07, 6.45) is 3.27. The molecule has 0 radical (unpaired) electrons.